The maximum absolute atomic E-state index is 11.6. The Morgan fingerprint density at radius 1 is 1.11 bits per heavy atom. The quantitative estimate of drug-likeness (QED) is 0.593. The highest BCUT2D eigenvalue weighted by molar-refractivity contribution is 5.81. The molecule has 0 aliphatic carbocycles. The Labute approximate surface area is 160 Å². The number of amides is 1. The average Bonchev–Trinajstić information content (AvgIpc) is 2.59. The van der Waals surface area contributed by atoms with Crippen molar-refractivity contribution in [2.75, 3.05) is 13.2 Å². The molecule has 1 N–H and O–H groups in total. The van der Waals surface area contributed by atoms with E-state index in [9.17, 15) is 9.59 Å². The number of hydrogen-bond acceptors (Lipinski definition) is 4. The summed E-state index contributed by atoms with van der Waals surface area (Å²) in [5, 5.41) is 2.65. The van der Waals surface area contributed by atoms with Crippen molar-refractivity contribution in [1.82, 2.24) is 5.32 Å². The van der Waals surface area contributed by atoms with Crippen LogP contribution in [-0.2, 0) is 4.74 Å². The summed E-state index contributed by atoms with van der Waals surface area (Å²) in [5.41, 5.74) is 4.27. The van der Waals surface area contributed by atoms with Crippen molar-refractivity contribution in [2.24, 2.45) is 0 Å². The van der Waals surface area contributed by atoms with Gasteiger partial charge in [0.05, 0.1) is 6.54 Å². The highest BCUT2D eigenvalue weighted by Crippen LogP contribution is 2.29. The minimum Gasteiger partial charge on any atom is -0.492 e. The number of rotatable bonds is 6. The van der Waals surface area contributed by atoms with Gasteiger partial charge in [-0.15, -0.1) is 0 Å². The van der Waals surface area contributed by atoms with E-state index in [1.807, 2.05) is 46.8 Å². The van der Waals surface area contributed by atoms with Gasteiger partial charge in [-0.3, -0.25) is 4.79 Å². The van der Waals surface area contributed by atoms with Crippen LogP contribution in [0.5, 0.6) is 5.75 Å². The molecule has 2 aromatic carbocycles. The lowest BCUT2D eigenvalue weighted by molar-refractivity contribution is 0.0520. The van der Waals surface area contributed by atoms with E-state index >= 15 is 0 Å². The van der Waals surface area contributed by atoms with E-state index in [1.165, 1.54) is 0 Å². The number of aryl methyl sites for hydroxylation is 2. The molecule has 2 aromatic rings. The first-order valence-corrected chi connectivity index (χ1v) is 8.95. The van der Waals surface area contributed by atoms with E-state index in [4.69, 9.17) is 9.47 Å². The van der Waals surface area contributed by atoms with Crippen molar-refractivity contribution in [2.45, 2.75) is 40.2 Å². The van der Waals surface area contributed by atoms with Gasteiger partial charge in [-0.1, -0.05) is 23.8 Å². The van der Waals surface area contributed by atoms with Gasteiger partial charge in [0.25, 0.3) is 0 Å². The van der Waals surface area contributed by atoms with Gasteiger partial charge in [-0.2, -0.15) is 0 Å². The molecule has 0 saturated heterocycles. The molecule has 0 bridgehead atoms. The fourth-order valence-corrected chi connectivity index (χ4v) is 2.61. The summed E-state index contributed by atoms with van der Waals surface area (Å²) in [7, 11) is 0. The molecule has 0 aromatic heterocycles. The molecule has 0 saturated carbocycles. The van der Waals surface area contributed by atoms with E-state index in [0.29, 0.717) is 17.9 Å². The van der Waals surface area contributed by atoms with Gasteiger partial charge < -0.3 is 14.8 Å². The van der Waals surface area contributed by atoms with Crippen LogP contribution in [-0.4, -0.2) is 31.1 Å². The third-order valence-corrected chi connectivity index (χ3v) is 3.81. The number of carbonyl (C=O) groups is 2. The highest BCUT2D eigenvalue weighted by Gasteiger charge is 2.15. The molecule has 0 aliphatic rings. The topological polar surface area (TPSA) is 64.6 Å². The number of ether oxygens (including phenoxy) is 2. The lowest BCUT2D eigenvalue weighted by atomic mass is 9.97. The van der Waals surface area contributed by atoms with Crippen LogP contribution < -0.4 is 10.1 Å². The fourth-order valence-electron chi connectivity index (χ4n) is 2.61. The molecule has 0 radical (unpaired) electrons. The Hall–Kier alpha value is -2.82. The third kappa shape index (κ3) is 6.44. The molecule has 0 fully saturated rings. The normalized spacial score (nSPS) is 11.0. The van der Waals surface area contributed by atoms with E-state index in [-0.39, 0.29) is 6.61 Å². The number of nitrogens with one attached hydrogen (secondary N) is 1. The van der Waals surface area contributed by atoms with Gasteiger partial charge in [-0.25, -0.2) is 4.79 Å². The summed E-state index contributed by atoms with van der Waals surface area (Å²) in [6.07, 6.45) is 0.323. The first kappa shape index (κ1) is 20.5. The summed E-state index contributed by atoms with van der Waals surface area (Å²) in [5.74, 6) is 0.585. The first-order chi connectivity index (χ1) is 12.7. The molecule has 1 amide bonds. The van der Waals surface area contributed by atoms with Crippen LogP contribution in [0.1, 0.15) is 42.3 Å². The van der Waals surface area contributed by atoms with Crippen molar-refractivity contribution in [3.05, 3.63) is 53.1 Å². The molecule has 5 heteroatoms. The maximum atomic E-state index is 11.6. The monoisotopic (exact) mass is 369 g/mol. The third-order valence-electron chi connectivity index (χ3n) is 3.81. The SMILES string of the molecule is Cc1ccc(C)c(-c2cc(C=O)cc(OCCNC(=O)OC(C)(C)C)c2)c1. The molecule has 5 nitrogen and oxygen atoms in total. The Kier molecular flexibility index (Phi) is 6.61. The summed E-state index contributed by atoms with van der Waals surface area (Å²) in [6.45, 7) is 10.1. The van der Waals surface area contributed by atoms with Gasteiger partial charge >= 0.3 is 6.09 Å². The summed E-state index contributed by atoms with van der Waals surface area (Å²) in [6, 6.07) is 11.6. The Balaban J connectivity index is 2.06. The van der Waals surface area contributed by atoms with Crippen molar-refractivity contribution in [3.8, 4) is 16.9 Å². The van der Waals surface area contributed by atoms with E-state index in [2.05, 4.69) is 23.5 Å². The zero-order chi connectivity index (χ0) is 20.0. The van der Waals surface area contributed by atoms with Crippen molar-refractivity contribution < 1.29 is 19.1 Å². The van der Waals surface area contributed by atoms with Gasteiger partial charge in [0.2, 0.25) is 0 Å². The lowest BCUT2D eigenvalue weighted by Crippen LogP contribution is -2.34. The molecular formula is C22H27NO4. The van der Waals surface area contributed by atoms with E-state index in [0.717, 1.165) is 28.5 Å². The largest absolute Gasteiger partial charge is 0.492 e. The van der Waals surface area contributed by atoms with Crippen LogP contribution in [0.15, 0.2) is 36.4 Å². The van der Waals surface area contributed by atoms with Crippen molar-refractivity contribution in [3.63, 3.8) is 0 Å². The highest BCUT2D eigenvalue weighted by atomic mass is 16.6. The van der Waals surface area contributed by atoms with Gasteiger partial charge in [0.15, 0.2) is 0 Å². The van der Waals surface area contributed by atoms with E-state index < -0.39 is 11.7 Å². The van der Waals surface area contributed by atoms with Crippen LogP contribution in [0.4, 0.5) is 4.79 Å². The predicted molar refractivity (Wildman–Crippen MR) is 106 cm³/mol. The zero-order valence-electron chi connectivity index (χ0n) is 16.6. The second-order valence-electron chi connectivity index (χ2n) is 7.50. The van der Waals surface area contributed by atoms with Gasteiger partial charge in [0.1, 0.15) is 24.2 Å². The zero-order valence-corrected chi connectivity index (χ0v) is 16.6. The van der Waals surface area contributed by atoms with Gasteiger partial charge in [0, 0.05) is 5.56 Å². The van der Waals surface area contributed by atoms with Crippen LogP contribution in [0.2, 0.25) is 0 Å². The molecule has 2 rings (SSSR count). The van der Waals surface area contributed by atoms with E-state index in [1.54, 1.807) is 6.07 Å². The maximum Gasteiger partial charge on any atom is 0.407 e. The summed E-state index contributed by atoms with van der Waals surface area (Å²) in [4.78, 5) is 23.0. The second kappa shape index (κ2) is 8.71. The van der Waals surface area contributed by atoms with Crippen LogP contribution in [0.25, 0.3) is 11.1 Å². The number of alkyl carbamates (subject to hydrolysis) is 1. The number of hydrogen-bond donors (Lipinski definition) is 1. The Bertz CT molecular complexity index is 822. The second-order valence-corrected chi connectivity index (χ2v) is 7.50. The van der Waals surface area contributed by atoms with Crippen LogP contribution >= 0.6 is 0 Å². The molecule has 0 unspecified atom stereocenters. The van der Waals surface area contributed by atoms with Crippen LogP contribution in [0.3, 0.4) is 0 Å². The fraction of sp³-hybridized carbons (Fsp3) is 0.364. The Morgan fingerprint density at radius 2 is 1.85 bits per heavy atom. The summed E-state index contributed by atoms with van der Waals surface area (Å²) < 4.78 is 10.9. The average molecular weight is 369 g/mol. The van der Waals surface area contributed by atoms with Crippen molar-refractivity contribution in [1.29, 1.82) is 0 Å². The van der Waals surface area contributed by atoms with Gasteiger partial charge in [-0.05, 0) is 69.5 Å². The minimum atomic E-state index is -0.538. The molecule has 0 aliphatic heterocycles. The molecule has 27 heavy (non-hydrogen) atoms. The summed E-state index contributed by atoms with van der Waals surface area (Å²) >= 11 is 0. The first-order valence-electron chi connectivity index (χ1n) is 8.95. The standard InChI is InChI=1S/C22H27NO4/c1-15-6-7-16(2)20(10-15)18-11-17(14-24)12-19(13-18)26-9-8-23-21(25)27-22(3,4)5/h6-7,10-14H,8-9H2,1-5H3,(H,23,25). The predicted octanol–water partition coefficient (Wildman–Crippen LogP) is 4.69. The molecule has 0 atom stereocenters. The molecular weight excluding hydrogens is 342 g/mol. The molecule has 144 valence electrons. The number of carbonyl (C=O) groups excluding carboxylic acids is 2. The Morgan fingerprint density at radius 3 is 2.52 bits per heavy atom. The molecule has 0 heterocycles. The smallest absolute Gasteiger partial charge is 0.407 e. The minimum absolute atomic E-state index is 0.272. The number of benzene rings is 2. The molecule has 0 spiro atoms. The number of aldehydes is 1. The lowest BCUT2D eigenvalue weighted by Gasteiger charge is -2.19. The van der Waals surface area contributed by atoms with Crippen molar-refractivity contribution >= 4 is 12.4 Å². The van der Waals surface area contributed by atoms with Crippen LogP contribution in [0, 0.1) is 13.8 Å².